The maximum absolute atomic E-state index is 3.61. The van der Waals surface area contributed by atoms with E-state index in [1.54, 1.807) is 11.3 Å². The van der Waals surface area contributed by atoms with Crippen molar-refractivity contribution in [3.63, 3.8) is 0 Å². The van der Waals surface area contributed by atoms with Crippen LogP contribution in [0.3, 0.4) is 0 Å². The van der Waals surface area contributed by atoms with Gasteiger partial charge in [-0.1, -0.05) is 25.0 Å². The molecule has 0 radical (unpaired) electrons. The SMILES string of the molecule is Brc1cc(CCC/C=C/C2CCCC2)c(Br)s1. The van der Waals surface area contributed by atoms with Gasteiger partial charge in [-0.2, -0.15) is 0 Å². The molecule has 0 spiro atoms. The Kier molecular flexibility index (Phi) is 5.78. The van der Waals surface area contributed by atoms with Crippen LogP contribution in [0.15, 0.2) is 25.8 Å². The van der Waals surface area contributed by atoms with E-state index in [4.69, 9.17) is 0 Å². The van der Waals surface area contributed by atoms with E-state index < -0.39 is 0 Å². The third kappa shape index (κ3) is 4.53. The first-order chi connectivity index (χ1) is 8.25. The maximum Gasteiger partial charge on any atom is 0.0742 e. The first-order valence-electron chi connectivity index (χ1n) is 6.36. The van der Waals surface area contributed by atoms with Crippen LogP contribution in [-0.2, 0) is 6.42 Å². The van der Waals surface area contributed by atoms with E-state index in [0.717, 1.165) is 5.92 Å². The molecule has 17 heavy (non-hydrogen) atoms. The minimum atomic E-state index is 0.886. The molecule has 1 saturated carbocycles. The van der Waals surface area contributed by atoms with Gasteiger partial charge in [0.2, 0.25) is 0 Å². The van der Waals surface area contributed by atoms with Crippen molar-refractivity contribution in [2.75, 3.05) is 0 Å². The molecule has 0 nitrogen and oxygen atoms in total. The Morgan fingerprint density at radius 3 is 2.71 bits per heavy atom. The molecule has 0 unspecified atom stereocenters. The van der Waals surface area contributed by atoms with Crippen molar-refractivity contribution in [1.29, 1.82) is 0 Å². The summed E-state index contributed by atoms with van der Waals surface area (Å²) in [5.41, 5.74) is 1.44. The van der Waals surface area contributed by atoms with Crippen LogP contribution in [0.1, 0.15) is 44.1 Å². The molecule has 1 heterocycles. The lowest BCUT2D eigenvalue weighted by molar-refractivity contribution is 0.680. The Morgan fingerprint density at radius 2 is 2.06 bits per heavy atom. The zero-order valence-electron chi connectivity index (χ0n) is 9.92. The van der Waals surface area contributed by atoms with Crippen molar-refractivity contribution in [1.82, 2.24) is 0 Å². The third-order valence-corrected chi connectivity index (χ3v) is 5.82. The first-order valence-corrected chi connectivity index (χ1v) is 8.76. The third-order valence-electron chi connectivity index (χ3n) is 3.35. The van der Waals surface area contributed by atoms with Crippen molar-refractivity contribution in [2.24, 2.45) is 5.92 Å². The van der Waals surface area contributed by atoms with Gasteiger partial charge in [-0.25, -0.2) is 0 Å². The smallest absolute Gasteiger partial charge is 0.0742 e. The second-order valence-corrected chi connectivity index (χ2v) is 8.46. The van der Waals surface area contributed by atoms with Crippen LogP contribution in [0, 0.1) is 5.92 Å². The number of unbranched alkanes of at least 4 members (excludes halogenated alkanes) is 1. The van der Waals surface area contributed by atoms with Crippen LogP contribution in [0.4, 0.5) is 0 Å². The van der Waals surface area contributed by atoms with Crippen LogP contribution in [0.5, 0.6) is 0 Å². The lowest BCUT2D eigenvalue weighted by atomic mass is 10.1. The fraction of sp³-hybridized carbons (Fsp3) is 0.571. The van der Waals surface area contributed by atoms with Crippen molar-refractivity contribution in [3.05, 3.63) is 31.4 Å². The molecule has 3 heteroatoms. The Morgan fingerprint density at radius 1 is 1.29 bits per heavy atom. The summed E-state index contributed by atoms with van der Waals surface area (Å²) >= 11 is 8.90. The lowest BCUT2D eigenvalue weighted by Crippen LogP contribution is -1.86. The number of hydrogen-bond donors (Lipinski definition) is 0. The van der Waals surface area contributed by atoms with Gasteiger partial charge in [0.05, 0.1) is 7.57 Å². The van der Waals surface area contributed by atoms with E-state index in [0.29, 0.717) is 0 Å². The highest BCUT2D eigenvalue weighted by atomic mass is 79.9. The average Bonchev–Trinajstić information content (AvgIpc) is 2.89. The summed E-state index contributed by atoms with van der Waals surface area (Å²) in [5.74, 6) is 0.886. The monoisotopic (exact) mass is 376 g/mol. The van der Waals surface area contributed by atoms with Gasteiger partial charge in [0.15, 0.2) is 0 Å². The average molecular weight is 378 g/mol. The molecule has 94 valence electrons. The van der Waals surface area contributed by atoms with Gasteiger partial charge in [0.25, 0.3) is 0 Å². The molecule has 1 aliphatic rings. The first kappa shape index (κ1) is 13.8. The fourth-order valence-electron chi connectivity index (χ4n) is 2.39. The minimum Gasteiger partial charge on any atom is -0.121 e. The van der Waals surface area contributed by atoms with Crippen LogP contribution in [-0.4, -0.2) is 0 Å². The Balaban J connectivity index is 1.67. The maximum atomic E-state index is 3.61. The minimum absolute atomic E-state index is 0.886. The summed E-state index contributed by atoms with van der Waals surface area (Å²) in [6, 6.07) is 2.23. The topological polar surface area (TPSA) is 0 Å². The molecular formula is C14H18Br2S. The summed E-state index contributed by atoms with van der Waals surface area (Å²) in [6.45, 7) is 0. The van der Waals surface area contributed by atoms with E-state index in [1.807, 2.05) is 0 Å². The van der Waals surface area contributed by atoms with E-state index in [1.165, 1.54) is 58.1 Å². The van der Waals surface area contributed by atoms with E-state index in [2.05, 4.69) is 50.1 Å². The Hall–Kier alpha value is 0.400. The normalized spacial score (nSPS) is 17.3. The molecule has 0 atom stereocenters. The van der Waals surface area contributed by atoms with Crippen molar-refractivity contribution < 1.29 is 0 Å². The predicted molar refractivity (Wildman–Crippen MR) is 83.8 cm³/mol. The molecule has 0 saturated heterocycles. The quantitative estimate of drug-likeness (QED) is 0.414. The standard InChI is InChI=1S/C14H18Br2S/c15-13-10-12(14(16)17-13)9-3-1-2-6-11-7-4-5-8-11/h2,6,10-11H,1,3-5,7-9H2/b6-2+. The summed E-state index contributed by atoms with van der Waals surface area (Å²) < 4.78 is 2.50. The number of thiophene rings is 1. The van der Waals surface area contributed by atoms with E-state index in [-0.39, 0.29) is 0 Å². The highest BCUT2D eigenvalue weighted by Gasteiger charge is 2.10. The van der Waals surface area contributed by atoms with Gasteiger partial charge in [-0.15, -0.1) is 11.3 Å². The van der Waals surface area contributed by atoms with Gasteiger partial charge in [-0.05, 0) is 81.5 Å². The molecule has 0 N–H and O–H groups in total. The largest absolute Gasteiger partial charge is 0.121 e. The fourth-order valence-corrected chi connectivity index (χ4v) is 5.31. The van der Waals surface area contributed by atoms with Crippen molar-refractivity contribution in [3.8, 4) is 0 Å². The summed E-state index contributed by atoms with van der Waals surface area (Å²) in [7, 11) is 0. The highest BCUT2D eigenvalue weighted by molar-refractivity contribution is 9.12. The van der Waals surface area contributed by atoms with E-state index in [9.17, 15) is 0 Å². The molecule has 1 aromatic rings. The number of rotatable bonds is 5. The lowest BCUT2D eigenvalue weighted by Gasteiger charge is -2.00. The van der Waals surface area contributed by atoms with Gasteiger partial charge in [0.1, 0.15) is 0 Å². The molecule has 1 aliphatic carbocycles. The number of allylic oxidation sites excluding steroid dienone is 2. The number of halogens is 2. The van der Waals surface area contributed by atoms with Crippen LogP contribution in [0.2, 0.25) is 0 Å². The van der Waals surface area contributed by atoms with Crippen LogP contribution < -0.4 is 0 Å². The molecule has 2 rings (SSSR count). The Labute approximate surface area is 125 Å². The highest BCUT2D eigenvalue weighted by Crippen LogP contribution is 2.32. The van der Waals surface area contributed by atoms with Crippen molar-refractivity contribution in [2.45, 2.75) is 44.9 Å². The molecule has 0 aliphatic heterocycles. The molecule has 1 aromatic heterocycles. The second-order valence-electron chi connectivity index (χ2n) is 4.71. The second kappa shape index (κ2) is 7.10. The molecule has 0 aromatic carbocycles. The molecule has 0 bridgehead atoms. The van der Waals surface area contributed by atoms with Crippen LogP contribution >= 0.6 is 43.2 Å². The zero-order chi connectivity index (χ0) is 12.1. The molecular weight excluding hydrogens is 360 g/mol. The summed E-state index contributed by atoms with van der Waals surface area (Å²) in [5, 5.41) is 0. The van der Waals surface area contributed by atoms with E-state index >= 15 is 0 Å². The zero-order valence-corrected chi connectivity index (χ0v) is 13.9. The van der Waals surface area contributed by atoms with Gasteiger partial charge < -0.3 is 0 Å². The summed E-state index contributed by atoms with van der Waals surface area (Å²) in [6.07, 6.45) is 14.2. The molecule has 0 amide bonds. The summed E-state index contributed by atoms with van der Waals surface area (Å²) in [4.78, 5) is 0. The predicted octanol–water partition coefficient (Wildman–Crippen LogP) is 6.34. The molecule has 1 fully saturated rings. The van der Waals surface area contributed by atoms with Crippen molar-refractivity contribution >= 4 is 43.2 Å². The van der Waals surface area contributed by atoms with Crippen LogP contribution in [0.25, 0.3) is 0 Å². The number of hydrogen-bond acceptors (Lipinski definition) is 1. The van der Waals surface area contributed by atoms with Gasteiger partial charge >= 0.3 is 0 Å². The Bertz CT molecular complexity index is 376. The van der Waals surface area contributed by atoms with Gasteiger partial charge in [0, 0.05) is 0 Å². The van der Waals surface area contributed by atoms with Gasteiger partial charge in [-0.3, -0.25) is 0 Å². The number of aryl methyl sites for hydroxylation is 1.